The van der Waals surface area contributed by atoms with Gasteiger partial charge in [0.25, 0.3) is 0 Å². The smallest absolute Gasteiger partial charge is 0.0474 e. The zero-order chi connectivity index (χ0) is 7.98. The first-order valence-corrected chi connectivity index (χ1v) is 4.20. The molecule has 0 saturated heterocycles. The number of halogens is 2. The van der Waals surface area contributed by atoms with Crippen LogP contribution in [0.1, 0.15) is 0 Å². The lowest BCUT2D eigenvalue weighted by Gasteiger charge is -2.18. The van der Waals surface area contributed by atoms with Gasteiger partial charge < -0.3 is 10.2 Å². The van der Waals surface area contributed by atoms with Crippen molar-refractivity contribution in [2.45, 2.75) is 0 Å². The van der Waals surface area contributed by atoms with E-state index in [1.807, 2.05) is 0 Å². The molecule has 10 heavy (non-hydrogen) atoms. The van der Waals surface area contributed by atoms with Crippen LogP contribution >= 0.6 is 23.2 Å². The maximum atomic E-state index is 8.70. The summed E-state index contributed by atoms with van der Waals surface area (Å²) in [6.07, 6.45) is 0. The van der Waals surface area contributed by atoms with Crippen LogP contribution in [0.3, 0.4) is 0 Å². The molecule has 0 amide bonds. The molecule has 2 nitrogen and oxygen atoms in total. The molecule has 0 fully saturated rings. The zero-order valence-electron chi connectivity index (χ0n) is 5.63. The summed E-state index contributed by atoms with van der Waals surface area (Å²) in [7, 11) is 0. The molecule has 0 spiro atoms. The second-order valence-corrected chi connectivity index (χ2v) is 2.81. The van der Waals surface area contributed by atoms with E-state index in [1.54, 1.807) is 0 Å². The Labute approximate surface area is 70.8 Å². The van der Waals surface area contributed by atoms with Crippen LogP contribution in [-0.2, 0) is 0 Å². The van der Waals surface area contributed by atoms with Gasteiger partial charge in [-0.05, 0) is 0 Å². The molecule has 4 heteroatoms. The van der Waals surface area contributed by atoms with Crippen molar-refractivity contribution < 1.29 is 10.2 Å². The van der Waals surface area contributed by atoms with Crippen LogP contribution in [0.2, 0.25) is 0 Å². The highest BCUT2D eigenvalue weighted by molar-refractivity contribution is 6.19. The minimum Gasteiger partial charge on any atom is -0.396 e. The van der Waals surface area contributed by atoms with Crippen molar-refractivity contribution in [2.75, 3.05) is 25.0 Å². The third-order valence-corrected chi connectivity index (χ3v) is 2.32. The highest BCUT2D eigenvalue weighted by atomic mass is 35.5. The van der Waals surface area contributed by atoms with Gasteiger partial charge in [-0.1, -0.05) is 0 Å². The first-order chi connectivity index (χ1) is 4.79. The molecule has 0 heterocycles. The summed E-state index contributed by atoms with van der Waals surface area (Å²) < 4.78 is 0. The predicted octanol–water partition coefficient (Wildman–Crippen LogP) is 0.681. The van der Waals surface area contributed by atoms with Crippen LogP contribution in [0.4, 0.5) is 0 Å². The fourth-order valence-electron chi connectivity index (χ4n) is 0.648. The van der Waals surface area contributed by atoms with E-state index in [2.05, 4.69) is 0 Å². The Morgan fingerprint density at radius 2 is 1.20 bits per heavy atom. The highest BCUT2D eigenvalue weighted by Gasteiger charge is 2.17. The van der Waals surface area contributed by atoms with Crippen molar-refractivity contribution in [3.05, 3.63) is 0 Å². The largest absolute Gasteiger partial charge is 0.396 e. The summed E-state index contributed by atoms with van der Waals surface area (Å²) in [6, 6.07) is 0. The standard InChI is InChI=1S/C6H12Cl2O2/c7-1-5(3-9)6(2-8)4-10/h5-6,9-10H,1-4H2. The van der Waals surface area contributed by atoms with Crippen molar-refractivity contribution >= 4 is 23.2 Å². The van der Waals surface area contributed by atoms with Crippen molar-refractivity contribution in [1.29, 1.82) is 0 Å². The lowest BCUT2D eigenvalue weighted by Crippen LogP contribution is -2.24. The number of aliphatic hydroxyl groups excluding tert-OH is 2. The number of hydrogen-bond donors (Lipinski definition) is 2. The van der Waals surface area contributed by atoms with Crippen molar-refractivity contribution in [1.82, 2.24) is 0 Å². The summed E-state index contributed by atoms with van der Waals surface area (Å²) in [5.41, 5.74) is 0. The lowest BCUT2D eigenvalue weighted by atomic mass is 9.98. The molecule has 0 aliphatic rings. The topological polar surface area (TPSA) is 40.5 Å². The molecule has 0 bridgehead atoms. The van der Waals surface area contributed by atoms with Crippen LogP contribution in [0.5, 0.6) is 0 Å². The molecule has 0 saturated carbocycles. The van der Waals surface area contributed by atoms with E-state index in [-0.39, 0.29) is 25.0 Å². The molecule has 0 aromatic carbocycles. The molecule has 0 aromatic rings. The monoisotopic (exact) mass is 186 g/mol. The molecular weight excluding hydrogens is 175 g/mol. The Morgan fingerprint density at radius 3 is 1.30 bits per heavy atom. The zero-order valence-corrected chi connectivity index (χ0v) is 7.15. The van der Waals surface area contributed by atoms with Gasteiger partial charge in [-0.2, -0.15) is 0 Å². The SMILES string of the molecule is OCC(CCl)C(CO)CCl. The first-order valence-electron chi connectivity index (χ1n) is 3.13. The fraction of sp³-hybridized carbons (Fsp3) is 1.00. The Hall–Kier alpha value is 0.500. The van der Waals surface area contributed by atoms with Gasteiger partial charge in [-0.25, -0.2) is 0 Å². The summed E-state index contributed by atoms with van der Waals surface area (Å²) in [6.45, 7) is -0.0249. The molecular formula is C6H12Cl2O2. The number of rotatable bonds is 5. The van der Waals surface area contributed by atoms with Gasteiger partial charge in [-0.15, -0.1) is 23.2 Å². The molecule has 2 N–H and O–H groups in total. The molecule has 0 aliphatic carbocycles. The van der Waals surface area contributed by atoms with Gasteiger partial charge in [0, 0.05) is 36.8 Å². The fourth-order valence-corrected chi connectivity index (χ4v) is 1.35. The molecule has 62 valence electrons. The van der Waals surface area contributed by atoms with Gasteiger partial charge in [0.2, 0.25) is 0 Å². The molecule has 2 atom stereocenters. The van der Waals surface area contributed by atoms with Crippen molar-refractivity contribution in [3.63, 3.8) is 0 Å². The van der Waals surface area contributed by atoms with Crippen LogP contribution in [0, 0.1) is 11.8 Å². The predicted molar refractivity (Wildman–Crippen MR) is 42.6 cm³/mol. The van der Waals surface area contributed by atoms with E-state index in [1.165, 1.54) is 0 Å². The van der Waals surface area contributed by atoms with Crippen LogP contribution in [0.15, 0.2) is 0 Å². The van der Waals surface area contributed by atoms with E-state index in [0.29, 0.717) is 11.8 Å². The summed E-state index contributed by atoms with van der Waals surface area (Å²) in [4.78, 5) is 0. The third kappa shape index (κ3) is 3.06. The van der Waals surface area contributed by atoms with E-state index in [4.69, 9.17) is 33.4 Å². The van der Waals surface area contributed by atoms with Gasteiger partial charge in [-0.3, -0.25) is 0 Å². The Balaban J connectivity index is 3.70. The van der Waals surface area contributed by atoms with Crippen LogP contribution in [-0.4, -0.2) is 35.2 Å². The molecule has 2 unspecified atom stereocenters. The first kappa shape index (κ1) is 10.5. The molecule has 0 aromatic heterocycles. The Morgan fingerprint density at radius 1 is 0.900 bits per heavy atom. The second kappa shape index (κ2) is 6.23. The number of aliphatic hydroxyl groups is 2. The van der Waals surface area contributed by atoms with Gasteiger partial charge in [0.05, 0.1) is 0 Å². The molecule has 0 aliphatic heterocycles. The highest BCUT2D eigenvalue weighted by Crippen LogP contribution is 2.14. The Bertz CT molecular complexity index is 62.1. The lowest BCUT2D eigenvalue weighted by molar-refractivity contribution is 0.144. The van der Waals surface area contributed by atoms with E-state index < -0.39 is 0 Å². The van der Waals surface area contributed by atoms with Crippen LogP contribution < -0.4 is 0 Å². The van der Waals surface area contributed by atoms with Gasteiger partial charge in [0.15, 0.2) is 0 Å². The molecule has 0 radical (unpaired) electrons. The quantitative estimate of drug-likeness (QED) is 0.621. The Kier molecular flexibility index (Phi) is 6.54. The van der Waals surface area contributed by atoms with Gasteiger partial charge >= 0.3 is 0 Å². The van der Waals surface area contributed by atoms with Crippen LogP contribution in [0.25, 0.3) is 0 Å². The van der Waals surface area contributed by atoms with E-state index >= 15 is 0 Å². The van der Waals surface area contributed by atoms with Gasteiger partial charge in [0.1, 0.15) is 0 Å². The third-order valence-electron chi connectivity index (χ3n) is 1.53. The van der Waals surface area contributed by atoms with E-state index in [9.17, 15) is 0 Å². The maximum Gasteiger partial charge on any atom is 0.0474 e. The second-order valence-electron chi connectivity index (χ2n) is 2.19. The molecule has 0 rings (SSSR count). The number of hydrogen-bond acceptors (Lipinski definition) is 2. The average Bonchev–Trinajstić information content (AvgIpc) is 2.00. The van der Waals surface area contributed by atoms with Crippen molar-refractivity contribution in [2.24, 2.45) is 11.8 Å². The van der Waals surface area contributed by atoms with E-state index in [0.717, 1.165) is 0 Å². The minimum absolute atomic E-state index is 0.0125. The maximum absolute atomic E-state index is 8.70. The van der Waals surface area contributed by atoms with Crippen molar-refractivity contribution in [3.8, 4) is 0 Å². The normalized spacial score (nSPS) is 16.8. The summed E-state index contributed by atoms with van der Waals surface area (Å²) in [5, 5.41) is 17.4. The summed E-state index contributed by atoms with van der Waals surface area (Å²) >= 11 is 11.0. The average molecular weight is 187 g/mol. The number of alkyl halides is 2. The summed E-state index contributed by atoms with van der Waals surface area (Å²) in [5.74, 6) is 0.524. The minimum atomic E-state index is -0.0795.